The van der Waals surface area contributed by atoms with Crippen molar-refractivity contribution in [1.82, 2.24) is 15.2 Å². The van der Waals surface area contributed by atoms with Crippen LogP contribution in [-0.4, -0.2) is 76.1 Å². The van der Waals surface area contributed by atoms with E-state index in [0.717, 1.165) is 35.4 Å². The largest absolute Gasteiger partial charge is 0.461 e. The summed E-state index contributed by atoms with van der Waals surface area (Å²) in [6.07, 6.45) is 3.20. The first-order chi connectivity index (χ1) is 20.6. The Morgan fingerprint density at radius 3 is 2.56 bits per heavy atom. The molecule has 3 heterocycles. The molecule has 2 atom stereocenters. The predicted molar refractivity (Wildman–Crippen MR) is 158 cm³/mol. The average molecular weight is 619 g/mol. The van der Waals surface area contributed by atoms with Gasteiger partial charge in [0.05, 0.1) is 23.0 Å². The normalized spacial score (nSPS) is 18.2. The van der Waals surface area contributed by atoms with E-state index in [2.05, 4.69) is 10.6 Å². The first-order valence-electron chi connectivity index (χ1n) is 14.4. The summed E-state index contributed by atoms with van der Waals surface area (Å²) in [6.45, 7) is 3.93. The van der Waals surface area contributed by atoms with Crippen LogP contribution in [0.15, 0.2) is 36.5 Å². The molecule has 0 saturated carbocycles. The highest BCUT2D eigenvalue weighted by Crippen LogP contribution is 2.35. The number of hydrogen-bond acceptors (Lipinski definition) is 7. The molecule has 2 N–H and O–H groups in total. The molecule has 0 aliphatic carbocycles. The van der Waals surface area contributed by atoms with Gasteiger partial charge in [-0.05, 0) is 61.1 Å². The van der Waals surface area contributed by atoms with E-state index in [1.807, 2.05) is 17.7 Å². The summed E-state index contributed by atoms with van der Waals surface area (Å²) in [5, 5.41) is 7.04. The number of aromatic nitrogens is 1. The number of ether oxygens (including phenoxy) is 2. The molecule has 43 heavy (non-hydrogen) atoms. The second-order valence-electron chi connectivity index (χ2n) is 11.0. The van der Waals surface area contributed by atoms with Gasteiger partial charge in [0.15, 0.2) is 0 Å². The zero-order valence-electron chi connectivity index (χ0n) is 24.1. The summed E-state index contributed by atoms with van der Waals surface area (Å²) >= 11 is 0. The fourth-order valence-corrected chi connectivity index (χ4v) is 7.01. The number of hydrogen-bond donors (Lipinski definition) is 2. The van der Waals surface area contributed by atoms with Gasteiger partial charge in [-0.1, -0.05) is 6.92 Å². The van der Waals surface area contributed by atoms with Crippen molar-refractivity contribution in [2.45, 2.75) is 57.3 Å². The van der Waals surface area contributed by atoms with Gasteiger partial charge in [0, 0.05) is 62.6 Å². The highest BCUT2D eigenvalue weighted by atomic mass is 32.2. The lowest BCUT2D eigenvalue weighted by atomic mass is 9.98. The van der Waals surface area contributed by atoms with Gasteiger partial charge in [-0.25, -0.2) is 17.2 Å². The first kappa shape index (κ1) is 30.9. The maximum absolute atomic E-state index is 14.1. The van der Waals surface area contributed by atoms with E-state index in [4.69, 9.17) is 9.47 Å². The van der Waals surface area contributed by atoms with E-state index >= 15 is 0 Å². The number of rotatable bonds is 11. The van der Waals surface area contributed by atoms with Gasteiger partial charge in [0.2, 0.25) is 10.0 Å². The van der Waals surface area contributed by atoms with Crippen molar-refractivity contribution in [3.63, 3.8) is 0 Å². The summed E-state index contributed by atoms with van der Waals surface area (Å²) in [4.78, 5) is 25.4. The maximum Gasteiger partial charge on any atom is 0.293 e. The Hall–Kier alpha value is -3.55. The highest BCUT2D eigenvalue weighted by molar-refractivity contribution is 7.92. The van der Waals surface area contributed by atoms with Gasteiger partial charge in [-0.3, -0.25) is 13.9 Å². The van der Waals surface area contributed by atoms with Gasteiger partial charge in [0.25, 0.3) is 12.4 Å². The lowest BCUT2D eigenvalue weighted by molar-refractivity contribution is -0.134. The van der Waals surface area contributed by atoms with Crippen LogP contribution in [-0.2, 0) is 43.7 Å². The Labute approximate surface area is 249 Å². The molecule has 2 aliphatic rings. The number of amides is 1. The van der Waals surface area contributed by atoms with Crippen LogP contribution >= 0.6 is 0 Å². The van der Waals surface area contributed by atoms with Crippen LogP contribution < -0.4 is 14.9 Å². The van der Waals surface area contributed by atoms with Gasteiger partial charge in [-0.15, -0.1) is 0 Å². The van der Waals surface area contributed by atoms with E-state index < -0.39 is 39.7 Å². The van der Waals surface area contributed by atoms with Gasteiger partial charge < -0.3 is 24.7 Å². The van der Waals surface area contributed by atoms with Crippen LogP contribution in [0.1, 0.15) is 41.3 Å². The number of aryl methyl sites for hydroxylation is 2. The number of anilines is 1. The van der Waals surface area contributed by atoms with E-state index in [9.17, 15) is 26.8 Å². The SMILES string of the molecule is CCc1cn2c3c(cc(C(=O)N[C@@H](Cc4cc(F)cc(F)c4)[C@@H](CNC4CCOCC4)OC=O)cc13)N(C)S(=O)(=O)CC2. The molecule has 0 radical (unpaired) electrons. The second-order valence-corrected chi connectivity index (χ2v) is 13.1. The molecule has 2 aliphatic heterocycles. The number of nitrogens with one attached hydrogen (secondary N) is 2. The van der Waals surface area contributed by atoms with Crippen molar-refractivity contribution in [2.75, 3.05) is 36.9 Å². The molecule has 13 heteroatoms. The molecule has 10 nitrogen and oxygen atoms in total. The van der Waals surface area contributed by atoms with Crippen LogP contribution in [0.2, 0.25) is 0 Å². The zero-order valence-corrected chi connectivity index (χ0v) is 25.0. The van der Waals surface area contributed by atoms with E-state index in [0.29, 0.717) is 31.9 Å². The van der Waals surface area contributed by atoms with Crippen LogP contribution in [0.4, 0.5) is 14.5 Å². The van der Waals surface area contributed by atoms with E-state index in [1.165, 1.54) is 29.6 Å². The molecule has 0 spiro atoms. The van der Waals surface area contributed by atoms with Crippen molar-refractivity contribution >= 4 is 39.0 Å². The smallest absolute Gasteiger partial charge is 0.293 e. The number of benzene rings is 2. The summed E-state index contributed by atoms with van der Waals surface area (Å²) in [7, 11) is -2.15. The summed E-state index contributed by atoms with van der Waals surface area (Å²) in [5.41, 5.74) is 2.55. The van der Waals surface area contributed by atoms with Gasteiger partial charge in [-0.2, -0.15) is 0 Å². The molecule has 0 bridgehead atoms. The molecule has 1 aromatic heterocycles. The van der Waals surface area contributed by atoms with Crippen molar-refractivity contribution < 1.29 is 36.3 Å². The van der Waals surface area contributed by atoms with Crippen LogP contribution in [0.5, 0.6) is 0 Å². The molecule has 5 rings (SSSR count). The third-order valence-electron chi connectivity index (χ3n) is 8.23. The minimum absolute atomic E-state index is 0.0334. The molecule has 1 saturated heterocycles. The number of carbonyl (C=O) groups excluding carboxylic acids is 2. The molecule has 232 valence electrons. The molecule has 2 aromatic carbocycles. The Kier molecular flexibility index (Phi) is 9.33. The molecular formula is C30H36F2N4O6S. The van der Waals surface area contributed by atoms with Gasteiger partial charge in [0.1, 0.15) is 17.7 Å². The van der Waals surface area contributed by atoms with Crippen LogP contribution in [0.25, 0.3) is 10.9 Å². The molecule has 0 unspecified atom stereocenters. The predicted octanol–water partition coefficient (Wildman–Crippen LogP) is 2.91. The van der Waals surface area contributed by atoms with E-state index in [-0.39, 0.29) is 42.4 Å². The summed E-state index contributed by atoms with van der Waals surface area (Å²) in [6, 6.07) is 5.59. The van der Waals surface area contributed by atoms with Crippen molar-refractivity contribution in [3.8, 4) is 0 Å². The quantitative estimate of drug-likeness (QED) is 0.317. The lowest BCUT2D eigenvalue weighted by Crippen LogP contribution is -2.51. The van der Waals surface area contributed by atoms with Crippen LogP contribution in [0.3, 0.4) is 0 Å². The van der Waals surface area contributed by atoms with E-state index in [1.54, 1.807) is 6.07 Å². The molecule has 1 fully saturated rings. The minimum Gasteiger partial charge on any atom is -0.461 e. The Balaban J connectivity index is 1.50. The van der Waals surface area contributed by atoms with Crippen molar-refractivity contribution in [2.24, 2.45) is 0 Å². The average Bonchev–Trinajstić information content (AvgIpc) is 3.30. The third-order valence-corrected chi connectivity index (χ3v) is 9.96. The highest BCUT2D eigenvalue weighted by Gasteiger charge is 2.31. The Bertz CT molecular complexity index is 1590. The fraction of sp³-hybridized carbons (Fsp3) is 0.467. The molecular weight excluding hydrogens is 582 g/mol. The Morgan fingerprint density at radius 1 is 1.16 bits per heavy atom. The monoisotopic (exact) mass is 618 g/mol. The topological polar surface area (TPSA) is 119 Å². The number of nitrogens with zero attached hydrogens (tertiary/aromatic N) is 2. The van der Waals surface area contributed by atoms with Gasteiger partial charge >= 0.3 is 0 Å². The summed E-state index contributed by atoms with van der Waals surface area (Å²) < 4.78 is 68.0. The number of carbonyl (C=O) groups is 2. The lowest BCUT2D eigenvalue weighted by Gasteiger charge is -2.30. The first-order valence-corrected chi connectivity index (χ1v) is 16.0. The second kappa shape index (κ2) is 13.0. The van der Waals surface area contributed by atoms with Crippen molar-refractivity contribution in [3.05, 3.63) is 64.9 Å². The number of halogens is 2. The maximum atomic E-state index is 14.1. The minimum atomic E-state index is -3.62. The zero-order chi connectivity index (χ0) is 30.7. The Morgan fingerprint density at radius 2 is 1.88 bits per heavy atom. The number of sulfonamides is 1. The molecule has 1 amide bonds. The molecule has 3 aromatic rings. The van der Waals surface area contributed by atoms with Crippen molar-refractivity contribution in [1.29, 1.82) is 0 Å². The standard InChI is InChI=1S/C30H36F2N4O6S/c1-3-20-17-36-6-9-43(39,40)35(2)27-14-21(13-25(20)29(27)36)30(38)34-26(12-19-10-22(31)15-23(32)11-19)28(42-18-37)16-33-24-4-7-41-8-5-24/h10-11,13-15,17-18,24,26,28,33H,3-9,12,16H2,1-2H3,(H,34,38)/t26-,28+/m0/s1. The summed E-state index contributed by atoms with van der Waals surface area (Å²) in [5.74, 6) is -2.16. The van der Waals surface area contributed by atoms with Crippen LogP contribution in [0, 0.1) is 11.6 Å². The fourth-order valence-electron chi connectivity index (χ4n) is 5.87. The third kappa shape index (κ3) is 6.84.